The summed E-state index contributed by atoms with van der Waals surface area (Å²) in [5.74, 6) is 0.101. The van der Waals surface area contributed by atoms with Crippen molar-refractivity contribution in [3.8, 4) is 5.75 Å². The van der Waals surface area contributed by atoms with Crippen LogP contribution in [0.25, 0.3) is 0 Å². The third kappa shape index (κ3) is 3.39. The summed E-state index contributed by atoms with van der Waals surface area (Å²) in [7, 11) is 3.31. The second kappa shape index (κ2) is 7.39. The molecule has 0 radical (unpaired) electrons. The zero-order valence-electron chi connectivity index (χ0n) is 14.8. The average Bonchev–Trinajstić information content (AvgIpc) is 2.97. The van der Waals surface area contributed by atoms with Gasteiger partial charge in [-0.3, -0.25) is 9.69 Å². The molecule has 142 valence electrons. The molecule has 0 spiro atoms. The molecule has 10 heteroatoms. The van der Waals surface area contributed by atoms with Crippen LogP contribution in [-0.2, 0) is 4.79 Å². The number of phenols is 1. The van der Waals surface area contributed by atoms with Crippen molar-refractivity contribution in [1.82, 2.24) is 20.1 Å². The molecule has 27 heavy (non-hydrogen) atoms. The zero-order chi connectivity index (χ0) is 19.7. The minimum atomic E-state index is -0.635. The van der Waals surface area contributed by atoms with Crippen LogP contribution in [0.2, 0.25) is 0 Å². The van der Waals surface area contributed by atoms with E-state index in [1.165, 1.54) is 17.2 Å². The smallest absolute Gasteiger partial charge is 0.328 e. The van der Waals surface area contributed by atoms with E-state index < -0.39 is 18.2 Å². The van der Waals surface area contributed by atoms with Gasteiger partial charge in [0.05, 0.1) is 6.21 Å². The Balaban J connectivity index is 1.78. The number of hydrogen-bond acceptors (Lipinski definition) is 7. The van der Waals surface area contributed by atoms with Crippen LogP contribution in [-0.4, -0.2) is 76.8 Å². The molecule has 3 amide bonds. The minimum Gasteiger partial charge on any atom is -0.507 e. The zero-order valence-corrected chi connectivity index (χ0v) is 16.4. The van der Waals surface area contributed by atoms with Gasteiger partial charge in [-0.05, 0) is 18.2 Å². The molecule has 0 bridgehead atoms. The highest BCUT2D eigenvalue weighted by Crippen LogP contribution is 2.26. The van der Waals surface area contributed by atoms with E-state index in [0.717, 1.165) is 9.37 Å². The average molecular weight is 435 g/mol. The van der Waals surface area contributed by atoms with Crippen molar-refractivity contribution >= 4 is 40.0 Å². The van der Waals surface area contributed by atoms with Gasteiger partial charge in [-0.1, -0.05) is 22.0 Å². The molecule has 1 aromatic rings. The van der Waals surface area contributed by atoms with Crippen LogP contribution in [0, 0.1) is 0 Å². The quantitative estimate of drug-likeness (QED) is 0.420. The van der Waals surface area contributed by atoms with Crippen LogP contribution in [0.15, 0.2) is 45.4 Å². The maximum atomic E-state index is 12.7. The normalized spacial score (nSPS) is 22.3. The lowest BCUT2D eigenvalue weighted by Crippen LogP contribution is -2.64. The number of aromatic hydroxyl groups is 1. The topological polar surface area (TPSA) is 101 Å². The predicted molar refractivity (Wildman–Crippen MR) is 104 cm³/mol. The van der Waals surface area contributed by atoms with Gasteiger partial charge in [0.2, 0.25) is 5.96 Å². The first-order valence-corrected chi connectivity index (χ1v) is 8.91. The first-order chi connectivity index (χ1) is 12.8. The Kier molecular flexibility index (Phi) is 5.17. The summed E-state index contributed by atoms with van der Waals surface area (Å²) in [6.45, 7) is 3.73. The SMILES string of the molecule is C=CCN1C(=O)C2C(N=C(N/N=C/c3cc(Br)ccc3O)N2C)N(C)C1=O. The standard InChI is InChI=1S/C17H19BrN6O3/c1-4-7-24-15(26)13-14(23(3)17(24)27)20-16(22(13)2)21-19-9-10-8-11(18)5-6-12(10)25/h4-6,8-9,13-14,25H,1,7H2,2-3H3,(H,20,21)/b19-9+. The van der Waals surface area contributed by atoms with E-state index in [4.69, 9.17) is 0 Å². The van der Waals surface area contributed by atoms with Crippen molar-refractivity contribution in [1.29, 1.82) is 0 Å². The Morgan fingerprint density at radius 1 is 1.37 bits per heavy atom. The van der Waals surface area contributed by atoms with Gasteiger partial charge in [-0.15, -0.1) is 6.58 Å². The second-order valence-electron chi connectivity index (χ2n) is 6.13. The third-order valence-corrected chi connectivity index (χ3v) is 4.90. The molecule has 0 saturated carbocycles. The molecular weight excluding hydrogens is 416 g/mol. The van der Waals surface area contributed by atoms with Gasteiger partial charge in [-0.25, -0.2) is 15.2 Å². The molecule has 1 aromatic carbocycles. The Labute approximate surface area is 164 Å². The van der Waals surface area contributed by atoms with Crippen LogP contribution in [0.5, 0.6) is 5.75 Å². The van der Waals surface area contributed by atoms with Crippen LogP contribution in [0.3, 0.4) is 0 Å². The lowest BCUT2D eigenvalue weighted by molar-refractivity contribution is -0.136. The number of rotatable bonds is 4. The van der Waals surface area contributed by atoms with Crippen LogP contribution in [0.1, 0.15) is 5.56 Å². The van der Waals surface area contributed by atoms with E-state index in [1.54, 1.807) is 37.2 Å². The number of fused-ring (bicyclic) bond motifs is 1. The third-order valence-electron chi connectivity index (χ3n) is 4.41. The number of carbonyl (C=O) groups is 2. The predicted octanol–water partition coefficient (Wildman–Crippen LogP) is 1.15. The maximum Gasteiger partial charge on any atom is 0.328 e. The molecular formula is C17H19BrN6O3. The number of nitrogens with zero attached hydrogens (tertiary/aromatic N) is 5. The number of amides is 3. The van der Waals surface area contributed by atoms with E-state index in [1.807, 2.05) is 0 Å². The highest BCUT2D eigenvalue weighted by atomic mass is 79.9. The van der Waals surface area contributed by atoms with Gasteiger partial charge in [0.25, 0.3) is 5.91 Å². The molecule has 0 aromatic heterocycles. The number of carbonyl (C=O) groups excluding carboxylic acids is 2. The van der Waals surface area contributed by atoms with Crippen molar-refractivity contribution in [2.24, 2.45) is 10.1 Å². The Morgan fingerprint density at radius 3 is 2.81 bits per heavy atom. The van der Waals surface area contributed by atoms with Gasteiger partial charge in [0.1, 0.15) is 5.75 Å². The van der Waals surface area contributed by atoms with Crippen molar-refractivity contribution in [3.63, 3.8) is 0 Å². The molecule has 2 atom stereocenters. The number of halogens is 1. The highest BCUT2D eigenvalue weighted by molar-refractivity contribution is 9.10. The maximum absolute atomic E-state index is 12.7. The van der Waals surface area contributed by atoms with Gasteiger partial charge in [-0.2, -0.15) is 5.10 Å². The second-order valence-corrected chi connectivity index (χ2v) is 7.04. The van der Waals surface area contributed by atoms with Crippen LogP contribution >= 0.6 is 15.9 Å². The van der Waals surface area contributed by atoms with Gasteiger partial charge >= 0.3 is 6.03 Å². The number of aliphatic imine (C=N–C) groups is 1. The number of nitrogens with one attached hydrogen (secondary N) is 1. The van der Waals surface area contributed by atoms with Crippen molar-refractivity contribution in [3.05, 3.63) is 40.9 Å². The minimum absolute atomic E-state index is 0.0831. The summed E-state index contributed by atoms with van der Waals surface area (Å²) in [6, 6.07) is 3.93. The Hall–Kier alpha value is -2.88. The lowest BCUT2D eigenvalue weighted by Gasteiger charge is -2.39. The number of phenolic OH excluding ortho intramolecular Hbond substituents is 1. The largest absolute Gasteiger partial charge is 0.507 e. The number of guanidine groups is 1. The molecule has 2 heterocycles. The molecule has 2 aliphatic heterocycles. The summed E-state index contributed by atoms with van der Waals surface area (Å²) in [6.07, 6.45) is 2.32. The Morgan fingerprint density at radius 2 is 2.11 bits per heavy atom. The summed E-state index contributed by atoms with van der Waals surface area (Å²) in [5.41, 5.74) is 3.29. The van der Waals surface area contributed by atoms with E-state index in [0.29, 0.717) is 11.5 Å². The number of hydrogen-bond donors (Lipinski definition) is 2. The molecule has 3 rings (SSSR count). The molecule has 9 nitrogen and oxygen atoms in total. The summed E-state index contributed by atoms with van der Waals surface area (Å²) >= 11 is 3.33. The fraction of sp³-hybridized carbons (Fsp3) is 0.294. The first kappa shape index (κ1) is 18.9. The fourth-order valence-corrected chi connectivity index (χ4v) is 3.34. The summed E-state index contributed by atoms with van der Waals surface area (Å²) in [5, 5.41) is 13.9. The molecule has 0 aliphatic carbocycles. The van der Waals surface area contributed by atoms with Gasteiger partial charge in [0.15, 0.2) is 12.2 Å². The van der Waals surface area contributed by atoms with Crippen molar-refractivity contribution < 1.29 is 14.7 Å². The van der Waals surface area contributed by atoms with E-state index in [-0.39, 0.29) is 18.2 Å². The van der Waals surface area contributed by atoms with Gasteiger partial charge in [0, 0.05) is 30.7 Å². The number of urea groups is 1. The Bertz CT molecular complexity index is 855. The number of benzene rings is 1. The van der Waals surface area contributed by atoms with Gasteiger partial charge < -0.3 is 14.9 Å². The fourth-order valence-electron chi connectivity index (χ4n) is 2.96. The van der Waals surface area contributed by atoms with E-state index in [2.05, 4.69) is 38.0 Å². The number of imide groups is 1. The molecule has 1 saturated heterocycles. The van der Waals surface area contributed by atoms with Crippen molar-refractivity contribution in [2.45, 2.75) is 12.2 Å². The lowest BCUT2D eigenvalue weighted by atomic mass is 10.1. The number of likely N-dealkylation sites (N-methyl/N-ethyl adjacent to an activating group) is 2. The molecule has 2 N–H and O–H groups in total. The monoisotopic (exact) mass is 434 g/mol. The number of hydrazone groups is 1. The molecule has 1 fully saturated rings. The first-order valence-electron chi connectivity index (χ1n) is 8.12. The highest BCUT2D eigenvalue weighted by Gasteiger charge is 2.50. The van der Waals surface area contributed by atoms with Crippen LogP contribution in [0.4, 0.5) is 4.79 Å². The van der Waals surface area contributed by atoms with E-state index >= 15 is 0 Å². The molecule has 2 aliphatic rings. The van der Waals surface area contributed by atoms with E-state index in [9.17, 15) is 14.7 Å². The van der Waals surface area contributed by atoms with Crippen molar-refractivity contribution in [2.75, 3.05) is 20.6 Å². The summed E-state index contributed by atoms with van der Waals surface area (Å²) < 4.78 is 0.802. The summed E-state index contributed by atoms with van der Waals surface area (Å²) in [4.78, 5) is 33.7. The molecule has 2 unspecified atom stereocenters. The van der Waals surface area contributed by atoms with Crippen LogP contribution < -0.4 is 5.43 Å².